The Balaban J connectivity index is 1.95. The highest BCUT2D eigenvalue weighted by Gasteiger charge is 2.45. The average Bonchev–Trinajstić information content (AvgIpc) is 3.09. The molecule has 1 unspecified atom stereocenters. The minimum Gasteiger partial charge on any atom is -0.463 e. The van der Waals surface area contributed by atoms with Gasteiger partial charge in [0, 0.05) is 12.1 Å². The number of hydrogen-bond acceptors (Lipinski definition) is 3. The van der Waals surface area contributed by atoms with Gasteiger partial charge in [0.2, 0.25) is 5.91 Å². The number of nitrogens with one attached hydrogen (secondary N) is 1. The first kappa shape index (κ1) is 12.7. The van der Waals surface area contributed by atoms with E-state index in [2.05, 4.69) is 5.32 Å². The van der Waals surface area contributed by atoms with E-state index in [1.54, 1.807) is 35.1 Å². The zero-order chi connectivity index (χ0) is 15.3. The summed E-state index contributed by atoms with van der Waals surface area (Å²) in [7, 11) is 0. The van der Waals surface area contributed by atoms with E-state index in [9.17, 15) is 9.59 Å². The maximum Gasteiger partial charge on any atom is 0.269 e. The first-order valence-corrected chi connectivity index (χ1v) is 6.86. The third-order valence-electron chi connectivity index (χ3n) is 4.16. The summed E-state index contributed by atoms with van der Waals surface area (Å²) < 4.78 is 7.11. The Morgan fingerprint density at radius 3 is 2.77 bits per heavy atom. The summed E-state index contributed by atoms with van der Waals surface area (Å²) in [4.78, 5) is 24.7. The van der Waals surface area contributed by atoms with Crippen molar-refractivity contribution in [2.24, 2.45) is 5.73 Å². The smallest absolute Gasteiger partial charge is 0.269 e. The highest BCUT2D eigenvalue weighted by molar-refractivity contribution is 6.03. The molecule has 0 fully saturated rings. The number of nitrogens with two attached hydrogens (primary N) is 1. The predicted octanol–water partition coefficient (Wildman–Crippen LogP) is 1.36. The second kappa shape index (κ2) is 4.24. The molecular weight excluding hydrogens is 282 g/mol. The maximum absolute atomic E-state index is 12.5. The van der Waals surface area contributed by atoms with E-state index in [1.165, 1.54) is 0 Å². The highest BCUT2D eigenvalue weighted by atomic mass is 16.3. The zero-order valence-corrected chi connectivity index (χ0v) is 11.6. The molecule has 110 valence electrons. The molecule has 0 saturated carbocycles. The Bertz CT molecular complexity index is 894. The molecule has 0 spiro atoms. The number of carbonyl (C=O) groups excluding carboxylic acids is 2. The summed E-state index contributed by atoms with van der Waals surface area (Å²) in [5, 5.41) is 2.78. The number of benzene rings is 1. The van der Waals surface area contributed by atoms with Gasteiger partial charge in [-0.2, -0.15) is 0 Å². The molecule has 1 atom stereocenters. The second-order valence-electron chi connectivity index (χ2n) is 5.38. The van der Waals surface area contributed by atoms with Crippen molar-refractivity contribution in [3.63, 3.8) is 0 Å². The van der Waals surface area contributed by atoms with Crippen LogP contribution in [0.15, 0.2) is 53.1 Å². The van der Waals surface area contributed by atoms with Crippen LogP contribution in [0.25, 0.3) is 11.1 Å². The van der Waals surface area contributed by atoms with Crippen LogP contribution in [0.2, 0.25) is 0 Å². The first-order valence-electron chi connectivity index (χ1n) is 6.86. The van der Waals surface area contributed by atoms with Crippen LogP contribution in [0.5, 0.6) is 0 Å². The molecule has 3 aromatic rings. The van der Waals surface area contributed by atoms with E-state index >= 15 is 0 Å². The summed E-state index contributed by atoms with van der Waals surface area (Å²) in [6, 6.07) is 12.5. The van der Waals surface area contributed by atoms with E-state index in [-0.39, 0.29) is 12.5 Å². The van der Waals surface area contributed by atoms with Gasteiger partial charge in [-0.3, -0.25) is 9.59 Å². The largest absolute Gasteiger partial charge is 0.463 e. The summed E-state index contributed by atoms with van der Waals surface area (Å²) in [6.45, 7) is 0.233. The fourth-order valence-electron chi connectivity index (χ4n) is 3.04. The molecule has 2 aromatic heterocycles. The number of furan rings is 1. The van der Waals surface area contributed by atoms with Crippen LogP contribution in [0.4, 0.5) is 0 Å². The van der Waals surface area contributed by atoms with Crippen LogP contribution in [-0.4, -0.2) is 16.4 Å². The molecule has 4 rings (SSSR count). The van der Waals surface area contributed by atoms with Crippen molar-refractivity contribution in [2.45, 2.75) is 12.1 Å². The molecule has 3 heterocycles. The maximum atomic E-state index is 12.5. The van der Waals surface area contributed by atoms with E-state index in [0.29, 0.717) is 16.8 Å². The number of primary amides is 1. The van der Waals surface area contributed by atoms with Gasteiger partial charge in [-0.05, 0) is 5.56 Å². The number of fused-ring (bicyclic) bond motifs is 3. The van der Waals surface area contributed by atoms with Crippen molar-refractivity contribution >= 4 is 22.9 Å². The minimum absolute atomic E-state index is 0.233. The Kier molecular flexibility index (Phi) is 2.45. The van der Waals surface area contributed by atoms with Crippen LogP contribution < -0.4 is 11.1 Å². The van der Waals surface area contributed by atoms with Gasteiger partial charge in [0.15, 0.2) is 11.1 Å². The van der Waals surface area contributed by atoms with Crippen LogP contribution in [0.1, 0.15) is 16.1 Å². The molecule has 0 saturated heterocycles. The summed E-state index contributed by atoms with van der Waals surface area (Å²) in [5.41, 5.74) is 6.88. The summed E-state index contributed by atoms with van der Waals surface area (Å²) in [5.74, 6) is -0.941. The molecule has 1 aliphatic rings. The SMILES string of the molecule is NC(=O)C1(c2ccccc2)Cn2c(cc3occc32)C(=O)N1. The van der Waals surface area contributed by atoms with Crippen LogP contribution in [-0.2, 0) is 16.9 Å². The van der Waals surface area contributed by atoms with E-state index in [4.69, 9.17) is 10.2 Å². The molecule has 22 heavy (non-hydrogen) atoms. The van der Waals surface area contributed by atoms with Crippen LogP contribution >= 0.6 is 0 Å². The lowest BCUT2D eigenvalue weighted by molar-refractivity contribution is -0.125. The topological polar surface area (TPSA) is 90.3 Å². The Morgan fingerprint density at radius 2 is 2.05 bits per heavy atom. The summed E-state index contributed by atoms with van der Waals surface area (Å²) >= 11 is 0. The first-order chi connectivity index (χ1) is 10.6. The molecule has 0 aliphatic carbocycles. The van der Waals surface area contributed by atoms with Crippen LogP contribution in [0, 0.1) is 0 Å². The molecule has 6 nitrogen and oxygen atoms in total. The van der Waals surface area contributed by atoms with Gasteiger partial charge in [-0.1, -0.05) is 30.3 Å². The van der Waals surface area contributed by atoms with E-state index < -0.39 is 11.4 Å². The fraction of sp³-hybridized carbons (Fsp3) is 0.125. The third-order valence-corrected chi connectivity index (χ3v) is 4.16. The van der Waals surface area contributed by atoms with Crippen molar-refractivity contribution < 1.29 is 14.0 Å². The summed E-state index contributed by atoms with van der Waals surface area (Å²) in [6.07, 6.45) is 1.55. The van der Waals surface area contributed by atoms with Gasteiger partial charge in [0.1, 0.15) is 5.69 Å². The zero-order valence-electron chi connectivity index (χ0n) is 11.6. The average molecular weight is 295 g/mol. The number of nitrogens with zero attached hydrogens (tertiary/aromatic N) is 1. The Labute approximate surface area is 125 Å². The molecule has 0 bridgehead atoms. The lowest BCUT2D eigenvalue weighted by Gasteiger charge is -2.36. The van der Waals surface area contributed by atoms with Crippen molar-refractivity contribution in [1.29, 1.82) is 0 Å². The second-order valence-corrected chi connectivity index (χ2v) is 5.38. The molecule has 1 aliphatic heterocycles. The molecule has 3 N–H and O–H groups in total. The fourth-order valence-corrected chi connectivity index (χ4v) is 3.04. The number of amides is 2. The molecule has 0 radical (unpaired) electrons. The standard InChI is InChI=1S/C16H13N3O3/c17-15(21)16(10-4-2-1-3-5-10)9-19-11-6-7-22-13(11)8-12(19)14(20)18-16/h1-8H,9H2,(H2,17,21)(H,18,20). The van der Waals surface area contributed by atoms with Gasteiger partial charge >= 0.3 is 0 Å². The van der Waals surface area contributed by atoms with Crippen molar-refractivity contribution in [3.8, 4) is 0 Å². The lowest BCUT2D eigenvalue weighted by Crippen LogP contribution is -2.60. The Hall–Kier alpha value is -3.02. The van der Waals surface area contributed by atoms with Crippen LogP contribution in [0.3, 0.4) is 0 Å². The monoisotopic (exact) mass is 295 g/mol. The van der Waals surface area contributed by atoms with Crippen molar-refractivity contribution in [3.05, 3.63) is 60.0 Å². The third kappa shape index (κ3) is 1.54. The van der Waals surface area contributed by atoms with E-state index in [1.807, 2.05) is 18.2 Å². The molecule has 6 heteroatoms. The predicted molar refractivity (Wildman–Crippen MR) is 79.0 cm³/mol. The van der Waals surface area contributed by atoms with Crippen molar-refractivity contribution in [2.75, 3.05) is 0 Å². The van der Waals surface area contributed by atoms with Gasteiger partial charge in [-0.15, -0.1) is 0 Å². The minimum atomic E-state index is -1.27. The van der Waals surface area contributed by atoms with Gasteiger partial charge in [0.25, 0.3) is 5.91 Å². The Morgan fingerprint density at radius 1 is 1.27 bits per heavy atom. The van der Waals surface area contributed by atoms with Gasteiger partial charge in [0.05, 0.1) is 18.3 Å². The van der Waals surface area contributed by atoms with Crippen molar-refractivity contribution in [1.82, 2.24) is 9.88 Å². The number of aromatic nitrogens is 1. The number of hydrogen-bond donors (Lipinski definition) is 2. The molecular formula is C16H13N3O3. The molecule has 2 amide bonds. The quantitative estimate of drug-likeness (QED) is 0.748. The number of carbonyl (C=O) groups is 2. The molecule has 1 aromatic carbocycles. The van der Waals surface area contributed by atoms with Gasteiger partial charge < -0.3 is 20.0 Å². The lowest BCUT2D eigenvalue weighted by atomic mass is 9.87. The normalized spacial score (nSPS) is 20.6. The highest BCUT2D eigenvalue weighted by Crippen LogP contribution is 2.32. The van der Waals surface area contributed by atoms with Gasteiger partial charge in [-0.25, -0.2) is 0 Å². The number of rotatable bonds is 2. The van der Waals surface area contributed by atoms with E-state index in [0.717, 1.165) is 5.52 Å².